The van der Waals surface area contributed by atoms with Gasteiger partial charge in [0, 0.05) is 6.04 Å². The Kier molecular flexibility index (Phi) is 4.81. The quantitative estimate of drug-likeness (QED) is 0.893. The van der Waals surface area contributed by atoms with Gasteiger partial charge in [0.2, 0.25) is 5.91 Å². The maximum Gasteiger partial charge on any atom is 0.245 e. The zero-order valence-electron chi connectivity index (χ0n) is 13.0. The third-order valence-electron chi connectivity index (χ3n) is 4.08. The van der Waals surface area contributed by atoms with Crippen molar-refractivity contribution in [1.29, 1.82) is 0 Å². The molecule has 1 amide bonds. The van der Waals surface area contributed by atoms with Crippen LogP contribution in [0.1, 0.15) is 52.1 Å². The van der Waals surface area contributed by atoms with Crippen LogP contribution in [0, 0.1) is 5.92 Å². The number of carbonyl (C=O) groups is 1. The van der Waals surface area contributed by atoms with Crippen LogP contribution in [-0.2, 0) is 4.79 Å². The van der Waals surface area contributed by atoms with Gasteiger partial charge in [0.1, 0.15) is 6.04 Å². The first-order chi connectivity index (χ1) is 9.56. The van der Waals surface area contributed by atoms with E-state index in [4.69, 9.17) is 0 Å². The molecule has 0 aliphatic carbocycles. The van der Waals surface area contributed by atoms with E-state index in [2.05, 4.69) is 37.9 Å². The molecule has 1 aromatic rings. The lowest BCUT2D eigenvalue weighted by Crippen LogP contribution is -2.46. The molecule has 3 unspecified atom stereocenters. The molecule has 0 spiro atoms. The van der Waals surface area contributed by atoms with Crippen molar-refractivity contribution in [2.24, 2.45) is 5.92 Å². The van der Waals surface area contributed by atoms with E-state index in [9.17, 15) is 4.79 Å². The SMILES string of the molecule is CCCC(C)N1C(=O)C(c2ccccc2)NC1C(C)C. The van der Waals surface area contributed by atoms with Crippen LogP contribution in [0.5, 0.6) is 0 Å². The van der Waals surface area contributed by atoms with Crippen LogP contribution in [0.2, 0.25) is 0 Å². The molecular formula is C17H26N2O. The Balaban J connectivity index is 2.25. The van der Waals surface area contributed by atoms with E-state index in [1.807, 2.05) is 30.3 Å². The summed E-state index contributed by atoms with van der Waals surface area (Å²) in [4.78, 5) is 14.9. The minimum Gasteiger partial charge on any atom is -0.323 e. The Bertz CT molecular complexity index is 444. The van der Waals surface area contributed by atoms with Gasteiger partial charge < -0.3 is 4.90 Å². The van der Waals surface area contributed by atoms with Crippen LogP contribution < -0.4 is 5.32 Å². The fourth-order valence-electron chi connectivity index (χ4n) is 3.05. The van der Waals surface area contributed by atoms with Crippen LogP contribution in [0.4, 0.5) is 0 Å². The second kappa shape index (κ2) is 6.40. The van der Waals surface area contributed by atoms with Gasteiger partial charge in [-0.3, -0.25) is 10.1 Å². The number of benzene rings is 1. The van der Waals surface area contributed by atoms with Gasteiger partial charge in [-0.1, -0.05) is 57.5 Å². The molecule has 3 nitrogen and oxygen atoms in total. The molecule has 1 saturated heterocycles. The van der Waals surface area contributed by atoms with Gasteiger partial charge in [-0.25, -0.2) is 0 Å². The lowest BCUT2D eigenvalue weighted by Gasteiger charge is -2.32. The Morgan fingerprint density at radius 2 is 1.85 bits per heavy atom. The number of nitrogens with zero attached hydrogens (tertiary/aromatic N) is 1. The van der Waals surface area contributed by atoms with Crippen LogP contribution in [0.3, 0.4) is 0 Å². The van der Waals surface area contributed by atoms with Gasteiger partial charge in [-0.05, 0) is 24.8 Å². The first-order valence-corrected chi connectivity index (χ1v) is 7.69. The average Bonchev–Trinajstić information content (AvgIpc) is 2.78. The molecule has 1 aromatic carbocycles. The van der Waals surface area contributed by atoms with Crippen molar-refractivity contribution in [2.45, 2.75) is 58.8 Å². The number of hydrogen-bond donors (Lipinski definition) is 1. The molecule has 1 aliphatic heterocycles. The second-order valence-electron chi connectivity index (χ2n) is 6.08. The molecule has 110 valence electrons. The van der Waals surface area contributed by atoms with E-state index in [0.29, 0.717) is 12.0 Å². The molecule has 1 aliphatic rings. The predicted molar refractivity (Wildman–Crippen MR) is 82.2 cm³/mol. The molecule has 2 rings (SSSR count). The minimum absolute atomic E-state index is 0.134. The summed E-state index contributed by atoms with van der Waals surface area (Å²) in [5, 5.41) is 3.52. The normalized spacial score (nSPS) is 24.4. The zero-order valence-corrected chi connectivity index (χ0v) is 13.0. The average molecular weight is 274 g/mol. The lowest BCUT2D eigenvalue weighted by atomic mass is 10.1. The standard InChI is InChI=1S/C17H26N2O/c1-5-9-13(4)19-16(12(2)3)18-15(17(19)20)14-10-7-6-8-11-14/h6-8,10-13,15-16,18H,5,9H2,1-4H3. The van der Waals surface area contributed by atoms with Gasteiger partial charge >= 0.3 is 0 Å². The molecule has 0 bridgehead atoms. The molecule has 0 radical (unpaired) electrons. The minimum atomic E-state index is -0.192. The fraction of sp³-hybridized carbons (Fsp3) is 0.588. The monoisotopic (exact) mass is 274 g/mol. The molecule has 3 atom stereocenters. The maximum atomic E-state index is 12.8. The molecule has 3 heteroatoms. The number of rotatable bonds is 5. The second-order valence-corrected chi connectivity index (χ2v) is 6.08. The maximum absolute atomic E-state index is 12.8. The smallest absolute Gasteiger partial charge is 0.245 e. The summed E-state index contributed by atoms with van der Waals surface area (Å²) >= 11 is 0. The summed E-state index contributed by atoms with van der Waals surface area (Å²) < 4.78 is 0. The Labute approximate surface area is 122 Å². The van der Waals surface area contributed by atoms with Crippen molar-refractivity contribution in [2.75, 3.05) is 0 Å². The largest absolute Gasteiger partial charge is 0.323 e. The molecule has 0 aromatic heterocycles. The molecule has 20 heavy (non-hydrogen) atoms. The van der Waals surface area contributed by atoms with Crippen molar-refractivity contribution < 1.29 is 4.79 Å². The van der Waals surface area contributed by atoms with Crippen molar-refractivity contribution in [3.63, 3.8) is 0 Å². The van der Waals surface area contributed by atoms with Gasteiger partial charge in [0.05, 0.1) is 6.17 Å². The topological polar surface area (TPSA) is 32.3 Å². The summed E-state index contributed by atoms with van der Waals surface area (Å²) in [7, 11) is 0. The highest BCUT2D eigenvalue weighted by molar-refractivity contribution is 5.86. The van der Waals surface area contributed by atoms with E-state index >= 15 is 0 Å². The van der Waals surface area contributed by atoms with Crippen molar-refractivity contribution in [3.05, 3.63) is 35.9 Å². The predicted octanol–water partition coefficient (Wildman–Crippen LogP) is 3.33. The first kappa shape index (κ1) is 15.0. The Hall–Kier alpha value is -1.35. The van der Waals surface area contributed by atoms with Crippen molar-refractivity contribution in [3.8, 4) is 0 Å². The van der Waals surface area contributed by atoms with Gasteiger partial charge in [0.15, 0.2) is 0 Å². The molecule has 1 heterocycles. The highest BCUT2D eigenvalue weighted by atomic mass is 16.2. The van der Waals surface area contributed by atoms with Crippen molar-refractivity contribution in [1.82, 2.24) is 10.2 Å². The van der Waals surface area contributed by atoms with Crippen LogP contribution in [-0.4, -0.2) is 23.0 Å². The van der Waals surface area contributed by atoms with E-state index in [-0.39, 0.29) is 18.1 Å². The van der Waals surface area contributed by atoms with Crippen LogP contribution >= 0.6 is 0 Å². The van der Waals surface area contributed by atoms with Gasteiger partial charge in [-0.2, -0.15) is 0 Å². The van der Waals surface area contributed by atoms with Crippen LogP contribution in [0.25, 0.3) is 0 Å². The lowest BCUT2D eigenvalue weighted by molar-refractivity contribution is -0.132. The Morgan fingerprint density at radius 3 is 2.40 bits per heavy atom. The number of amides is 1. The summed E-state index contributed by atoms with van der Waals surface area (Å²) in [6.45, 7) is 8.67. The fourth-order valence-corrected chi connectivity index (χ4v) is 3.05. The summed E-state index contributed by atoms with van der Waals surface area (Å²) in [6, 6.07) is 10.1. The van der Waals surface area contributed by atoms with Gasteiger partial charge in [-0.15, -0.1) is 0 Å². The highest BCUT2D eigenvalue weighted by Crippen LogP contribution is 2.30. The summed E-state index contributed by atoms with van der Waals surface area (Å²) in [5.41, 5.74) is 1.06. The van der Waals surface area contributed by atoms with Crippen LogP contribution in [0.15, 0.2) is 30.3 Å². The Morgan fingerprint density at radius 1 is 1.20 bits per heavy atom. The highest BCUT2D eigenvalue weighted by Gasteiger charge is 2.42. The molecule has 0 saturated carbocycles. The first-order valence-electron chi connectivity index (χ1n) is 7.69. The van der Waals surface area contributed by atoms with Gasteiger partial charge in [0.25, 0.3) is 0 Å². The molecule has 1 N–H and O–H groups in total. The number of nitrogens with one attached hydrogen (secondary N) is 1. The summed E-state index contributed by atoms with van der Waals surface area (Å²) in [6.07, 6.45) is 2.29. The molecular weight excluding hydrogens is 248 g/mol. The third kappa shape index (κ3) is 2.88. The number of carbonyl (C=O) groups excluding carboxylic acids is 1. The van der Waals surface area contributed by atoms with E-state index in [0.717, 1.165) is 18.4 Å². The molecule has 1 fully saturated rings. The zero-order chi connectivity index (χ0) is 14.7. The van der Waals surface area contributed by atoms with Crippen molar-refractivity contribution >= 4 is 5.91 Å². The third-order valence-corrected chi connectivity index (χ3v) is 4.08. The summed E-state index contributed by atoms with van der Waals surface area (Å²) in [5.74, 6) is 0.628. The van der Waals surface area contributed by atoms with E-state index in [1.165, 1.54) is 0 Å². The van der Waals surface area contributed by atoms with E-state index < -0.39 is 0 Å². The number of hydrogen-bond acceptors (Lipinski definition) is 2. The van der Waals surface area contributed by atoms with E-state index in [1.54, 1.807) is 0 Å².